The van der Waals surface area contributed by atoms with Gasteiger partial charge in [-0.15, -0.1) is 11.8 Å². The van der Waals surface area contributed by atoms with Crippen molar-refractivity contribution in [2.75, 3.05) is 19.3 Å². The molecular formula is C26H28N4O3S. The summed E-state index contributed by atoms with van der Waals surface area (Å²) in [6.07, 6.45) is 1.76. The van der Waals surface area contributed by atoms with Gasteiger partial charge in [-0.05, 0) is 55.9 Å². The lowest BCUT2D eigenvalue weighted by Gasteiger charge is -2.47. The van der Waals surface area contributed by atoms with E-state index in [0.29, 0.717) is 12.0 Å². The van der Waals surface area contributed by atoms with Crippen LogP contribution in [0, 0.1) is 22.7 Å². The van der Waals surface area contributed by atoms with Crippen LogP contribution in [-0.2, 0) is 16.0 Å². The van der Waals surface area contributed by atoms with Crippen LogP contribution in [0.15, 0.2) is 48.5 Å². The highest BCUT2D eigenvalue weighted by Crippen LogP contribution is 2.35. The number of carbonyl (C=O) groups is 2. The fourth-order valence-corrected chi connectivity index (χ4v) is 4.43. The van der Waals surface area contributed by atoms with E-state index in [2.05, 4.69) is 17.5 Å². The van der Waals surface area contributed by atoms with Gasteiger partial charge in [-0.3, -0.25) is 4.79 Å². The van der Waals surface area contributed by atoms with Crippen molar-refractivity contribution >= 4 is 23.8 Å². The summed E-state index contributed by atoms with van der Waals surface area (Å²) in [5, 5.41) is 21.4. The van der Waals surface area contributed by atoms with E-state index in [9.17, 15) is 14.9 Å². The molecule has 1 N–H and O–H groups in total. The number of ether oxygens (including phenoxy) is 1. The van der Waals surface area contributed by atoms with Crippen molar-refractivity contribution in [2.45, 2.75) is 43.6 Å². The van der Waals surface area contributed by atoms with Crippen molar-refractivity contribution in [1.82, 2.24) is 10.2 Å². The summed E-state index contributed by atoms with van der Waals surface area (Å²) >= 11 is 1.38. The van der Waals surface area contributed by atoms with Crippen LogP contribution in [0.25, 0.3) is 11.1 Å². The molecule has 1 fully saturated rings. The first-order chi connectivity index (χ1) is 16.1. The Bertz CT molecular complexity index is 1120. The Kier molecular flexibility index (Phi) is 7.54. The first kappa shape index (κ1) is 25.1. The van der Waals surface area contributed by atoms with Gasteiger partial charge in [0.1, 0.15) is 16.4 Å². The van der Waals surface area contributed by atoms with Gasteiger partial charge in [0.2, 0.25) is 5.91 Å². The topological polar surface area (TPSA) is 106 Å². The van der Waals surface area contributed by atoms with Crippen molar-refractivity contribution < 1.29 is 14.3 Å². The molecule has 8 heteroatoms. The molecule has 2 amide bonds. The number of likely N-dealkylation sites (tertiary alicyclic amines) is 1. The molecule has 3 rings (SSSR count). The number of nitrogens with one attached hydrogen (secondary N) is 1. The molecule has 0 aliphatic carbocycles. The second-order valence-corrected chi connectivity index (χ2v) is 10.5. The van der Waals surface area contributed by atoms with Crippen LogP contribution in [0.2, 0.25) is 0 Å². The number of nitrogens with zero attached hydrogens (tertiary/aromatic N) is 3. The van der Waals surface area contributed by atoms with E-state index in [1.165, 1.54) is 16.7 Å². The summed E-state index contributed by atoms with van der Waals surface area (Å²) in [6.45, 7) is 5.88. The van der Waals surface area contributed by atoms with Gasteiger partial charge in [0.25, 0.3) is 0 Å². The number of hydrogen-bond acceptors (Lipinski definition) is 6. The molecule has 0 radical (unpaired) electrons. The number of rotatable bonds is 6. The predicted octanol–water partition coefficient (Wildman–Crippen LogP) is 4.13. The lowest BCUT2D eigenvalue weighted by molar-refractivity contribution is -0.127. The molecule has 7 nitrogen and oxygen atoms in total. The molecule has 0 saturated carbocycles. The average molecular weight is 477 g/mol. The normalized spacial score (nSPS) is 15.3. The molecule has 1 aliphatic heterocycles. The van der Waals surface area contributed by atoms with E-state index in [-0.39, 0.29) is 19.0 Å². The molecule has 2 aromatic carbocycles. The van der Waals surface area contributed by atoms with Crippen LogP contribution in [-0.4, -0.2) is 52.6 Å². The highest BCUT2D eigenvalue weighted by Gasteiger charge is 2.52. The quantitative estimate of drug-likeness (QED) is 0.672. The number of thioether (sulfide) groups is 1. The van der Waals surface area contributed by atoms with Crippen molar-refractivity contribution in [1.29, 1.82) is 10.5 Å². The average Bonchev–Trinajstić information content (AvgIpc) is 2.77. The molecule has 1 atom stereocenters. The van der Waals surface area contributed by atoms with Gasteiger partial charge in [-0.25, -0.2) is 4.79 Å². The summed E-state index contributed by atoms with van der Waals surface area (Å²) in [5.41, 5.74) is 2.93. The molecule has 1 heterocycles. The van der Waals surface area contributed by atoms with Gasteiger partial charge in [-0.2, -0.15) is 10.5 Å². The Labute approximate surface area is 204 Å². The minimum atomic E-state index is -0.786. The zero-order valence-corrected chi connectivity index (χ0v) is 20.6. The maximum absolute atomic E-state index is 13.0. The summed E-state index contributed by atoms with van der Waals surface area (Å²) in [4.78, 5) is 26.7. The van der Waals surface area contributed by atoms with Crippen LogP contribution in [0.3, 0.4) is 0 Å². The van der Waals surface area contributed by atoms with Crippen LogP contribution >= 0.6 is 11.8 Å². The van der Waals surface area contributed by atoms with Gasteiger partial charge in [0.05, 0.1) is 17.7 Å². The van der Waals surface area contributed by atoms with Gasteiger partial charge < -0.3 is 15.0 Å². The molecule has 0 aromatic heterocycles. The summed E-state index contributed by atoms with van der Waals surface area (Å²) in [6, 6.07) is 18.7. The Morgan fingerprint density at radius 1 is 1.09 bits per heavy atom. The smallest absolute Gasteiger partial charge is 0.410 e. The minimum absolute atomic E-state index is 0.242. The molecule has 0 bridgehead atoms. The lowest BCUT2D eigenvalue weighted by atomic mass is 9.96. The van der Waals surface area contributed by atoms with E-state index in [1.807, 2.05) is 42.7 Å². The Morgan fingerprint density at radius 3 is 2.12 bits per heavy atom. The first-order valence-corrected chi connectivity index (χ1v) is 12.1. The van der Waals surface area contributed by atoms with Crippen LogP contribution < -0.4 is 5.32 Å². The standard InChI is InChI=1S/C26H28N4O3S/c1-25(2,3)33-24(32)30-16-26(17-30,34-4)23(31)29-22(15-28)13-18-5-9-20(10-6-18)21-11-7-19(14-27)8-12-21/h5-12,22H,13,16-17H2,1-4H3,(H,29,31)/t22-/m0/s1. The largest absolute Gasteiger partial charge is 0.444 e. The first-order valence-electron chi connectivity index (χ1n) is 10.9. The van der Waals surface area contributed by atoms with E-state index < -0.39 is 22.5 Å². The SMILES string of the molecule is CSC1(C(=O)N[C@H](C#N)Cc2ccc(-c3ccc(C#N)cc3)cc2)CN(C(=O)OC(C)(C)C)C1. The van der Waals surface area contributed by atoms with Crippen molar-refractivity contribution in [3.05, 3.63) is 59.7 Å². The van der Waals surface area contributed by atoms with Crippen LogP contribution in [0.4, 0.5) is 4.79 Å². The zero-order valence-electron chi connectivity index (χ0n) is 19.8. The summed E-state index contributed by atoms with van der Waals surface area (Å²) in [5.74, 6) is -0.249. The zero-order chi connectivity index (χ0) is 24.9. The summed E-state index contributed by atoms with van der Waals surface area (Å²) < 4.78 is 4.59. The third kappa shape index (κ3) is 5.89. The summed E-state index contributed by atoms with van der Waals surface area (Å²) in [7, 11) is 0. The van der Waals surface area contributed by atoms with Crippen molar-refractivity contribution in [3.63, 3.8) is 0 Å². The van der Waals surface area contributed by atoms with Gasteiger partial charge >= 0.3 is 6.09 Å². The molecule has 2 aromatic rings. The Hall–Kier alpha value is -3.49. The predicted molar refractivity (Wildman–Crippen MR) is 132 cm³/mol. The highest BCUT2D eigenvalue weighted by molar-refractivity contribution is 8.00. The molecule has 34 heavy (non-hydrogen) atoms. The number of benzene rings is 2. The second-order valence-electron chi connectivity index (χ2n) is 9.28. The van der Waals surface area contributed by atoms with Crippen LogP contribution in [0.5, 0.6) is 0 Å². The van der Waals surface area contributed by atoms with Crippen LogP contribution in [0.1, 0.15) is 31.9 Å². The van der Waals surface area contributed by atoms with Gasteiger partial charge in [0, 0.05) is 19.5 Å². The third-order valence-electron chi connectivity index (χ3n) is 5.55. The molecule has 176 valence electrons. The second kappa shape index (κ2) is 10.2. The molecular weight excluding hydrogens is 448 g/mol. The van der Waals surface area contributed by atoms with E-state index in [4.69, 9.17) is 10.00 Å². The Morgan fingerprint density at radius 2 is 1.65 bits per heavy atom. The number of carbonyl (C=O) groups excluding carboxylic acids is 2. The lowest BCUT2D eigenvalue weighted by Crippen LogP contribution is -2.69. The molecule has 1 saturated heterocycles. The number of amides is 2. The highest BCUT2D eigenvalue weighted by atomic mass is 32.2. The van der Waals surface area contributed by atoms with Crippen molar-refractivity contribution in [2.24, 2.45) is 0 Å². The van der Waals surface area contributed by atoms with Crippen molar-refractivity contribution in [3.8, 4) is 23.3 Å². The van der Waals surface area contributed by atoms with Gasteiger partial charge in [-0.1, -0.05) is 36.4 Å². The third-order valence-corrected chi connectivity index (χ3v) is 6.78. The minimum Gasteiger partial charge on any atom is -0.444 e. The maximum atomic E-state index is 13.0. The molecule has 0 unspecified atom stereocenters. The Balaban J connectivity index is 1.59. The maximum Gasteiger partial charge on any atom is 0.410 e. The van der Waals surface area contributed by atoms with Gasteiger partial charge in [0.15, 0.2) is 0 Å². The monoisotopic (exact) mass is 476 g/mol. The fraction of sp³-hybridized carbons (Fsp3) is 0.385. The van der Waals surface area contributed by atoms with E-state index >= 15 is 0 Å². The number of nitriles is 2. The fourth-order valence-electron chi connectivity index (χ4n) is 3.62. The number of hydrogen-bond donors (Lipinski definition) is 1. The van der Waals surface area contributed by atoms with E-state index in [1.54, 1.807) is 32.9 Å². The molecule has 1 aliphatic rings. The molecule has 0 spiro atoms. The van der Waals surface area contributed by atoms with E-state index in [0.717, 1.165) is 16.7 Å².